The molecule has 1 amide bonds. The van der Waals surface area contributed by atoms with Gasteiger partial charge in [0.25, 0.3) is 5.91 Å². The molecule has 1 aromatic rings. The average Bonchev–Trinajstić information content (AvgIpc) is 2.38. The number of aliphatic hydroxyl groups is 1. The quantitative estimate of drug-likeness (QED) is 0.836. The summed E-state index contributed by atoms with van der Waals surface area (Å²) in [6.45, 7) is 7.57. The molecule has 0 aliphatic rings. The molecule has 1 aromatic carbocycles. The minimum absolute atomic E-state index is 0.266. The van der Waals surface area contributed by atoms with Crippen molar-refractivity contribution >= 4 is 5.91 Å². The SMILES string of the molecule is CCOc1ccc(C(=O)NC(C)(C)C(C)O)cc1OC. The zero-order chi connectivity index (χ0) is 15.3. The van der Waals surface area contributed by atoms with Crippen molar-refractivity contribution in [2.24, 2.45) is 0 Å². The van der Waals surface area contributed by atoms with E-state index in [9.17, 15) is 9.90 Å². The molecule has 5 nitrogen and oxygen atoms in total. The number of nitrogens with one attached hydrogen (secondary N) is 1. The maximum absolute atomic E-state index is 12.2. The van der Waals surface area contributed by atoms with E-state index in [1.165, 1.54) is 7.11 Å². The Kier molecular flexibility index (Phi) is 5.39. The Morgan fingerprint density at radius 1 is 1.40 bits per heavy atom. The molecule has 1 unspecified atom stereocenters. The largest absolute Gasteiger partial charge is 0.493 e. The summed E-state index contributed by atoms with van der Waals surface area (Å²) in [4.78, 5) is 12.2. The Balaban J connectivity index is 2.94. The molecule has 0 bridgehead atoms. The molecule has 0 radical (unpaired) electrons. The Morgan fingerprint density at radius 3 is 2.55 bits per heavy atom. The van der Waals surface area contributed by atoms with E-state index < -0.39 is 11.6 Å². The first-order valence-electron chi connectivity index (χ1n) is 6.63. The van der Waals surface area contributed by atoms with E-state index in [0.29, 0.717) is 23.7 Å². The van der Waals surface area contributed by atoms with Crippen LogP contribution in [-0.4, -0.2) is 36.4 Å². The molecule has 0 aliphatic carbocycles. The van der Waals surface area contributed by atoms with Gasteiger partial charge in [-0.15, -0.1) is 0 Å². The molecule has 0 saturated heterocycles. The van der Waals surface area contributed by atoms with Gasteiger partial charge in [-0.25, -0.2) is 0 Å². The van der Waals surface area contributed by atoms with E-state index in [1.54, 1.807) is 39.0 Å². The van der Waals surface area contributed by atoms with Crippen molar-refractivity contribution in [3.63, 3.8) is 0 Å². The van der Waals surface area contributed by atoms with Crippen LogP contribution >= 0.6 is 0 Å². The second-order valence-electron chi connectivity index (χ2n) is 5.15. The molecule has 5 heteroatoms. The molecule has 2 N–H and O–H groups in total. The fourth-order valence-corrected chi connectivity index (χ4v) is 1.55. The second kappa shape index (κ2) is 6.61. The number of rotatable bonds is 6. The van der Waals surface area contributed by atoms with E-state index in [2.05, 4.69) is 5.32 Å². The van der Waals surface area contributed by atoms with Crippen molar-refractivity contribution in [3.8, 4) is 11.5 Å². The molecule has 0 spiro atoms. The van der Waals surface area contributed by atoms with Crippen molar-refractivity contribution in [2.75, 3.05) is 13.7 Å². The Morgan fingerprint density at radius 2 is 2.05 bits per heavy atom. The van der Waals surface area contributed by atoms with E-state index in [0.717, 1.165) is 0 Å². The predicted octanol–water partition coefficient (Wildman–Crippen LogP) is 1.98. The van der Waals surface area contributed by atoms with Crippen LogP contribution in [0.4, 0.5) is 0 Å². The van der Waals surface area contributed by atoms with Gasteiger partial charge in [0.2, 0.25) is 0 Å². The van der Waals surface area contributed by atoms with Crippen molar-refractivity contribution in [2.45, 2.75) is 39.3 Å². The maximum Gasteiger partial charge on any atom is 0.251 e. The number of aliphatic hydroxyl groups excluding tert-OH is 1. The van der Waals surface area contributed by atoms with Crippen LogP contribution in [0, 0.1) is 0 Å². The van der Waals surface area contributed by atoms with Gasteiger partial charge < -0.3 is 19.9 Å². The lowest BCUT2D eigenvalue weighted by Crippen LogP contribution is -2.50. The summed E-state index contributed by atoms with van der Waals surface area (Å²) in [5.41, 5.74) is -0.248. The fourth-order valence-electron chi connectivity index (χ4n) is 1.55. The van der Waals surface area contributed by atoms with Crippen LogP contribution in [0.25, 0.3) is 0 Å². The third-order valence-corrected chi connectivity index (χ3v) is 3.21. The van der Waals surface area contributed by atoms with Gasteiger partial charge in [-0.1, -0.05) is 0 Å². The number of methoxy groups -OCH3 is 1. The Hall–Kier alpha value is -1.75. The summed E-state index contributed by atoms with van der Waals surface area (Å²) < 4.78 is 10.6. The van der Waals surface area contributed by atoms with Gasteiger partial charge in [-0.2, -0.15) is 0 Å². The highest BCUT2D eigenvalue weighted by Crippen LogP contribution is 2.28. The molecule has 20 heavy (non-hydrogen) atoms. The average molecular weight is 281 g/mol. The first-order chi connectivity index (χ1) is 9.31. The van der Waals surface area contributed by atoms with Crippen LogP contribution in [0.2, 0.25) is 0 Å². The normalized spacial score (nSPS) is 12.7. The van der Waals surface area contributed by atoms with E-state index in [-0.39, 0.29) is 5.91 Å². The molecule has 0 aromatic heterocycles. The highest BCUT2D eigenvalue weighted by molar-refractivity contribution is 5.95. The molecule has 0 heterocycles. The summed E-state index contributed by atoms with van der Waals surface area (Å²) in [7, 11) is 1.53. The van der Waals surface area contributed by atoms with Crippen LogP contribution < -0.4 is 14.8 Å². The zero-order valence-electron chi connectivity index (χ0n) is 12.7. The molecular formula is C15H23NO4. The number of carbonyl (C=O) groups excluding carboxylic acids is 1. The van der Waals surface area contributed by atoms with E-state index >= 15 is 0 Å². The van der Waals surface area contributed by atoms with Gasteiger partial charge in [-0.05, 0) is 45.9 Å². The summed E-state index contributed by atoms with van der Waals surface area (Å²) in [5, 5.41) is 12.4. The van der Waals surface area contributed by atoms with Gasteiger partial charge in [-0.3, -0.25) is 4.79 Å². The lowest BCUT2D eigenvalue weighted by atomic mass is 9.98. The molecule has 1 rings (SSSR count). The van der Waals surface area contributed by atoms with Crippen LogP contribution in [0.1, 0.15) is 38.1 Å². The lowest BCUT2D eigenvalue weighted by molar-refractivity contribution is 0.0709. The number of ether oxygens (including phenoxy) is 2. The van der Waals surface area contributed by atoms with E-state index in [4.69, 9.17) is 9.47 Å². The van der Waals surface area contributed by atoms with Gasteiger partial charge >= 0.3 is 0 Å². The molecule has 0 saturated carbocycles. The van der Waals surface area contributed by atoms with Crippen LogP contribution in [-0.2, 0) is 0 Å². The van der Waals surface area contributed by atoms with Crippen LogP contribution in [0.15, 0.2) is 18.2 Å². The highest BCUT2D eigenvalue weighted by Gasteiger charge is 2.26. The third kappa shape index (κ3) is 3.87. The van der Waals surface area contributed by atoms with Crippen molar-refractivity contribution in [1.82, 2.24) is 5.32 Å². The van der Waals surface area contributed by atoms with Crippen LogP contribution in [0.3, 0.4) is 0 Å². The Labute approximate surface area is 119 Å². The first kappa shape index (κ1) is 16.3. The molecule has 0 aliphatic heterocycles. The summed E-state index contributed by atoms with van der Waals surface area (Å²) in [5.74, 6) is 0.841. The molecular weight excluding hydrogens is 258 g/mol. The van der Waals surface area contributed by atoms with Crippen LogP contribution in [0.5, 0.6) is 11.5 Å². The lowest BCUT2D eigenvalue weighted by Gasteiger charge is -2.29. The zero-order valence-corrected chi connectivity index (χ0v) is 12.7. The number of hydrogen-bond donors (Lipinski definition) is 2. The number of amides is 1. The number of benzene rings is 1. The molecule has 1 atom stereocenters. The van der Waals surface area contributed by atoms with Crippen molar-refractivity contribution in [1.29, 1.82) is 0 Å². The monoisotopic (exact) mass is 281 g/mol. The second-order valence-corrected chi connectivity index (χ2v) is 5.15. The summed E-state index contributed by atoms with van der Waals surface area (Å²) >= 11 is 0. The van der Waals surface area contributed by atoms with Crippen molar-refractivity contribution < 1.29 is 19.4 Å². The maximum atomic E-state index is 12.2. The number of carbonyl (C=O) groups is 1. The van der Waals surface area contributed by atoms with Gasteiger partial charge in [0.15, 0.2) is 11.5 Å². The van der Waals surface area contributed by atoms with E-state index in [1.807, 2.05) is 6.92 Å². The predicted molar refractivity (Wildman–Crippen MR) is 77.4 cm³/mol. The molecule has 112 valence electrons. The summed E-state index contributed by atoms with van der Waals surface area (Å²) in [6.07, 6.45) is -0.656. The fraction of sp³-hybridized carbons (Fsp3) is 0.533. The first-order valence-corrected chi connectivity index (χ1v) is 6.63. The van der Waals surface area contributed by atoms with Gasteiger partial charge in [0.1, 0.15) is 0 Å². The van der Waals surface area contributed by atoms with Gasteiger partial charge in [0.05, 0.1) is 25.4 Å². The standard InChI is InChI=1S/C15H23NO4/c1-6-20-12-8-7-11(9-13(12)19-5)14(18)16-15(3,4)10(2)17/h7-10,17H,6H2,1-5H3,(H,16,18). The van der Waals surface area contributed by atoms with Crippen molar-refractivity contribution in [3.05, 3.63) is 23.8 Å². The molecule has 0 fully saturated rings. The third-order valence-electron chi connectivity index (χ3n) is 3.21. The van der Waals surface area contributed by atoms with Gasteiger partial charge in [0, 0.05) is 5.56 Å². The highest BCUT2D eigenvalue weighted by atomic mass is 16.5. The number of hydrogen-bond acceptors (Lipinski definition) is 4. The minimum atomic E-state index is -0.705. The topological polar surface area (TPSA) is 67.8 Å². The Bertz CT molecular complexity index is 469. The minimum Gasteiger partial charge on any atom is -0.493 e. The summed E-state index contributed by atoms with van der Waals surface area (Å²) in [6, 6.07) is 4.99. The smallest absolute Gasteiger partial charge is 0.251 e.